The summed E-state index contributed by atoms with van der Waals surface area (Å²) < 4.78 is 31.8. The maximum atomic E-state index is 12.3. The number of ether oxygens (including phenoxy) is 1. The van der Waals surface area contributed by atoms with Gasteiger partial charge in [0.25, 0.3) is 0 Å². The second kappa shape index (κ2) is 6.87. The van der Waals surface area contributed by atoms with Crippen molar-refractivity contribution in [2.45, 2.75) is 12.7 Å². The van der Waals surface area contributed by atoms with E-state index in [1.54, 1.807) is 16.8 Å². The van der Waals surface area contributed by atoms with E-state index < -0.39 is 6.61 Å². The molecule has 4 rings (SSSR count). The van der Waals surface area contributed by atoms with Crippen LogP contribution in [0.15, 0.2) is 65.4 Å². The summed E-state index contributed by atoms with van der Waals surface area (Å²) in [4.78, 5) is 4.25. The van der Waals surface area contributed by atoms with Crippen LogP contribution in [0.25, 0.3) is 5.70 Å². The van der Waals surface area contributed by atoms with Crippen molar-refractivity contribution in [3.05, 3.63) is 76.5 Å². The third-order valence-corrected chi connectivity index (χ3v) is 4.54. The fourth-order valence-electron chi connectivity index (χ4n) is 2.82. The highest BCUT2D eigenvalue weighted by molar-refractivity contribution is 9.10. The Kier molecular flexibility index (Phi) is 4.42. The van der Waals surface area contributed by atoms with Crippen LogP contribution in [0.3, 0.4) is 0 Å². The summed E-state index contributed by atoms with van der Waals surface area (Å²) in [5.41, 5.74) is 2.79. The average Bonchev–Trinajstić information content (AvgIpc) is 3.10. The Morgan fingerprint density at radius 3 is 2.50 bits per heavy atom. The number of halogens is 3. The molecule has 5 nitrogen and oxygen atoms in total. The number of anilines is 1. The summed E-state index contributed by atoms with van der Waals surface area (Å²) >= 11 is 3.43. The van der Waals surface area contributed by atoms with Crippen molar-refractivity contribution < 1.29 is 13.5 Å². The molecule has 0 bridgehead atoms. The van der Waals surface area contributed by atoms with E-state index in [1.165, 1.54) is 18.5 Å². The maximum absolute atomic E-state index is 12.3. The van der Waals surface area contributed by atoms with E-state index in [0.29, 0.717) is 5.95 Å². The first-order valence-electron chi connectivity index (χ1n) is 7.79. The lowest BCUT2D eigenvalue weighted by Crippen LogP contribution is -2.20. The third-order valence-electron chi connectivity index (χ3n) is 4.01. The quantitative estimate of drug-likeness (QED) is 0.667. The van der Waals surface area contributed by atoms with Gasteiger partial charge >= 0.3 is 6.61 Å². The van der Waals surface area contributed by atoms with Gasteiger partial charge < -0.3 is 10.1 Å². The van der Waals surface area contributed by atoms with E-state index in [1.807, 2.05) is 30.3 Å². The lowest BCUT2D eigenvalue weighted by atomic mass is 10.0. The second-order valence-corrected chi connectivity index (χ2v) is 6.55. The van der Waals surface area contributed by atoms with Crippen LogP contribution in [0.5, 0.6) is 5.75 Å². The van der Waals surface area contributed by atoms with Crippen molar-refractivity contribution in [2.24, 2.45) is 0 Å². The SMILES string of the molecule is FC(F)Oc1ccc([C@@H]2C=C(c3ccc(Br)cc3)Nc3ncnn32)cc1. The Morgan fingerprint density at radius 2 is 1.81 bits per heavy atom. The van der Waals surface area contributed by atoms with Crippen LogP contribution in [0.4, 0.5) is 14.7 Å². The Bertz CT molecular complexity index is 939. The first-order valence-corrected chi connectivity index (χ1v) is 8.58. The molecule has 0 fully saturated rings. The third kappa shape index (κ3) is 3.32. The molecule has 8 heteroatoms. The van der Waals surface area contributed by atoms with Crippen LogP contribution >= 0.6 is 15.9 Å². The van der Waals surface area contributed by atoms with E-state index in [-0.39, 0.29) is 11.8 Å². The molecule has 132 valence electrons. The normalized spacial score (nSPS) is 16.0. The molecule has 0 saturated carbocycles. The van der Waals surface area contributed by atoms with Crippen LogP contribution in [-0.4, -0.2) is 21.4 Å². The van der Waals surface area contributed by atoms with Gasteiger partial charge in [-0.05, 0) is 41.5 Å². The minimum absolute atomic E-state index is 0.119. The molecule has 0 radical (unpaired) electrons. The topological polar surface area (TPSA) is 52.0 Å². The van der Waals surface area contributed by atoms with Gasteiger partial charge in [-0.3, -0.25) is 0 Å². The zero-order valence-corrected chi connectivity index (χ0v) is 14.9. The molecule has 1 aliphatic rings. The molecule has 1 aromatic heterocycles. The number of nitrogens with zero attached hydrogens (tertiary/aromatic N) is 3. The molecular weight excluding hydrogens is 406 g/mol. The van der Waals surface area contributed by atoms with Gasteiger partial charge in [0, 0.05) is 10.2 Å². The molecule has 2 heterocycles. The van der Waals surface area contributed by atoms with Crippen molar-refractivity contribution in [1.29, 1.82) is 0 Å². The lowest BCUT2D eigenvalue weighted by Gasteiger charge is -2.24. The van der Waals surface area contributed by atoms with Gasteiger partial charge in [0.15, 0.2) is 0 Å². The number of fused-ring (bicyclic) bond motifs is 1. The number of hydrogen-bond donors (Lipinski definition) is 1. The first-order chi connectivity index (χ1) is 12.6. The fourth-order valence-corrected chi connectivity index (χ4v) is 3.08. The second-order valence-electron chi connectivity index (χ2n) is 5.63. The Morgan fingerprint density at radius 1 is 1.08 bits per heavy atom. The zero-order chi connectivity index (χ0) is 18.1. The number of aromatic nitrogens is 3. The van der Waals surface area contributed by atoms with Gasteiger partial charge in [-0.25, -0.2) is 4.68 Å². The van der Waals surface area contributed by atoms with Gasteiger partial charge in [-0.15, -0.1) is 0 Å². The summed E-state index contributed by atoms with van der Waals surface area (Å²) in [6.07, 6.45) is 3.50. The summed E-state index contributed by atoms with van der Waals surface area (Å²) in [6, 6.07) is 14.2. The number of rotatable bonds is 4. The molecule has 3 aromatic rings. The van der Waals surface area contributed by atoms with E-state index in [0.717, 1.165) is 21.3 Å². The fraction of sp³-hybridized carbons (Fsp3) is 0.111. The zero-order valence-electron chi connectivity index (χ0n) is 13.3. The van der Waals surface area contributed by atoms with E-state index in [4.69, 9.17) is 0 Å². The Hall–Kier alpha value is -2.74. The first kappa shape index (κ1) is 16.7. The van der Waals surface area contributed by atoms with Crippen molar-refractivity contribution in [3.63, 3.8) is 0 Å². The molecule has 0 saturated heterocycles. The van der Waals surface area contributed by atoms with Gasteiger partial charge in [-0.2, -0.15) is 18.9 Å². The highest BCUT2D eigenvalue weighted by Gasteiger charge is 2.23. The monoisotopic (exact) mass is 418 g/mol. The number of allylic oxidation sites excluding steroid dienone is 1. The smallest absolute Gasteiger partial charge is 0.387 e. The lowest BCUT2D eigenvalue weighted by molar-refractivity contribution is -0.0498. The van der Waals surface area contributed by atoms with Crippen LogP contribution in [-0.2, 0) is 0 Å². The average molecular weight is 419 g/mol. The largest absolute Gasteiger partial charge is 0.435 e. The van der Waals surface area contributed by atoms with Crippen LogP contribution in [0.1, 0.15) is 17.2 Å². The summed E-state index contributed by atoms with van der Waals surface area (Å²) in [5.74, 6) is 0.733. The number of hydrogen-bond acceptors (Lipinski definition) is 4. The molecule has 26 heavy (non-hydrogen) atoms. The summed E-state index contributed by atoms with van der Waals surface area (Å²) in [5, 5.41) is 7.53. The number of benzene rings is 2. The van der Waals surface area contributed by atoms with Crippen LogP contribution < -0.4 is 10.1 Å². The van der Waals surface area contributed by atoms with E-state index in [9.17, 15) is 8.78 Å². The van der Waals surface area contributed by atoms with Crippen molar-refractivity contribution in [3.8, 4) is 5.75 Å². The molecule has 1 atom stereocenters. The van der Waals surface area contributed by atoms with E-state index >= 15 is 0 Å². The molecule has 1 aliphatic heterocycles. The minimum atomic E-state index is -2.84. The minimum Gasteiger partial charge on any atom is -0.435 e. The highest BCUT2D eigenvalue weighted by Crippen LogP contribution is 2.33. The predicted octanol–water partition coefficient (Wildman–Crippen LogP) is 4.70. The van der Waals surface area contributed by atoms with Gasteiger partial charge in [0.05, 0.1) is 0 Å². The standard InChI is InChI=1S/C18H13BrF2N4O/c19-13-5-1-11(2-6-13)15-9-16(25-18(24-15)22-10-23-25)12-3-7-14(8-4-12)26-17(20)21/h1-10,16-17H,(H,22,23,24)/t16-/m0/s1. The summed E-state index contributed by atoms with van der Waals surface area (Å²) in [6.45, 7) is -2.84. The van der Waals surface area contributed by atoms with Crippen LogP contribution in [0, 0.1) is 0 Å². The van der Waals surface area contributed by atoms with Crippen molar-refractivity contribution >= 4 is 27.6 Å². The molecule has 2 aromatic carbocycles. The molecular formula is C18H13BrF2N4O. The van der Waals surface area contributed by atoms with Crippen molar-refractivity contribution in [2.75, 3.05) is 5.32 Å². The van der Waals surface area contributed by atoms with Gasteiger partial charge in [0.1, 0.15) is 18.1 Å². The Labute approximate surface area is 156 Å². The molecule has 0 amide bonds. The highest BCUT2D eigenvalue weighted by atomic mass is 79.9. The summed E-state index contributed by atoms with van der Waals surface area (Å²) in [7, 11) is 0. The van der Waals surface area contributed by atoms with Crippen LogP contribution in [0.2, 0.25) is 0 Å². The van der Waals surface area contributed by atoms with Gasteiger partial charge in [-0.1, -0.05) is 40.2 Å². The molecule has 0 aliphatic carbocycles. The number of nitrogens with one attached hydrogen (secondary N) is 1. The maximum Gasteiger partial charge on any atom is 0.387 e. The van der Waals surface area contributed by atoms with E-state index in [2.05, 4.69) is 36.1 Å². The molecule has 0 unspecified atom stereocenters. The molecule has 0 spiro atoms. The number of alkyl halides is 2. The Balaban J connectivity index is 1.70. The predicted molar refractivity (Wildman–Crippen MR) is 97.0 cm³/mol. The molecule has 1 N–H and O–H groups in total. The van der Waals surface area contributed by atoms with Crippen molar-refractivity contribution in [1.82, 2.24) is 14.8 Å². The van der Waals surface area contributed by atoms with Gasteiger partial charge in [0.2, 0.25) is 5.95 Å².